The van der Waals surface area contributed by atoms with Gasteiger partial charge in [-0.15, -0.1) is 0 Å². The first-order valence-corrected chi connectivity index (χ1v) is 11.1. The molecule has 10 heteroatoms. The number of amides is 1. The van der Waals surface area contributed by atoms with Crippen LogP contribution in [0.4, 0.5) is 16.0 Å². The Hall–Kier alpha value is -3.27. The minimum atomic E-state index is -0.931. The molecule has 2 N–H and O–H groups in total. The summed E-state index contributed by atoms with van der Waals surface area (Å²) in [6, 6.07) is 4.20. The molecular formula is C23H30FN7O2. The van der Waals surface area contributed by atoms with Gasteiger partial charge in [0.25, 0.3) is 5.91 Å². The summed E-state index contributed by atoms with van der Waals surface area (Å²) in [7, 11) is 1.55. The number of carbonyl (C=O) groups excluding carboxylic acids is 1. The Morgan fingerprint density at radius 2 is 1.91 bits per heavy atom. The third-order valence-corrected chi connectivity index (χ3v) is 6.11. The number of anilines is 2. The van der Waals surface area contributed by atoms with Crippen LogP contribution in [0.2, 0.25) is 0 Å². The van der Waals surface area contributed by atoms with Gasteiger partial charge >= 0.3 is 6.01 Å². The summed E-state index contributed by atoms with van der Waals surface area (Å²) in [6.45, 7) is 11.3. The molecule has 2 aliphatic rings. The summed E-state index contributed by atoms with van der Waals surface area (Å²) >= 11 is 0. The van der Waals surface area contributed by atoms with Crippen LogP contribution < -0.4 is 15.4 Å². The highest BCUT2D eigenvalue weighted by Gasteiger charge is 2.31. The van der Waals surface area contributed by atoms with E-state index >= 15 is 0 Å². The summed E-state index contributed by atoms with van der Waals surface area (Å²) in [5.41, 5.74) is 10.1. The van der Waals surface area contributed by atoms with Crippen molar-refractivity contribution in [3.8, 4) is 6.01 Å². The van der Waals surface area contributed by atoms with E-state index in [-0.39, 0.29) is 0 Å². The maximum atomic E-state index is 13.2. The van der Waals surface area contributed by atoms with Crippen molar-refractivity contribution in [2.45, 2.75) is 39.4 Å². The zero-order chi connectivity index (χ0) is 23.7. The van der Waals surface area contributed by atoms with E-state index in [2.05, 4.69) is 45.2 Å². The Balaban J connectivity index is 1.55. The third-order valence-electron chi connectivity index (χ3n) is 6.11. The second-order valence-corrected chi connectivity index (χ2v) is 8.72. The smallest absolute Gasteiger partial charge is 0.318 e. The molecule has 2 aliphatic heterocycles. The first kappa shape index (κ1) is 22.9. The van der Waals surface area contributed by atoms with E-state index in [0.29, 0.717) is 63.6 Å². The molecule has 2 aromatic heterocycles. The number of hydrogen-bond donors (Lipinski definition) is 1. The molecule has 33 heavy (non-hydrogen) atoms. The van der Waals surface area contributed by atoms with Crippen molar-refractivity contribution in [3.05, 3.63) is 47.1 Å². The topological polar surface area (TPSA) is 101 Å². The normalized spacial score (nSPS) is 16.3. The van der Waals surface area contributed by atoms with E-state index in [9.17, 15) is 9.18 Å². The van der Waals surface area contributed by atoms with Gasteiger partial charge in [-0.25, -0.2) is 9.37 Å². The number of carbonyl (C=O) groups is 1. The predicted octanol–water partition coefficient (Wildman–Crippen LogP) is 2.23. The van der Waals surface area contributed by atoms with Crippen LogP contribution in [0.15, 0.2) is 24.5 Å². The summed E-state index contributed by atoms with van der Waals surface area (Å²) in [4.78, 5) is 31.6. The zero-order valence-electron chi connectivity index (χ0n) is 19.3. The molecule has 2 aromatic rings. The summed E-state index contributed by atoms with van der Waals surface area (Å²) in [5, 5.41) is 0. The second-order valence-electron chi connectivity index (χ2n) is 8.72. The van der Waals surface area contributed by atoms with Crippen LogP contribution in [0.25, 0.3) is 0 Å². The van der Waals surface area contributed by atoms with Crippen molar-refractivity contribution in [2.24, 2.45) is 0 Å². The maximum Gasteiger partial charge on any atom is 0.318 e. The lowest BCUT2D eigenvalue weighted by molar-refractivity contribution is -0.128. The molecule has 1 saturated heterocycles. The molecular weight excluding hydrogens is 425 g/mol. The number of rotatable bonds is 6. The number of nitrogen functional groups attached to an aromatic ring is 1. The lowest BCUT2D eigenvalue weighted by Crippen LogP contribution is -2.49. The molecule has 0 spiro atoms. The molecule has 0 bridgehead atoms. The molecule has 0 aromatic carbocycles. The van der Waals surface area contributed by atoms with Gasteiger partial charge in [-0.2, -0.15) is 9.97 Å². The summed E-state index contributed by atoms with van der Waals surface area (Å²) in [5.74, 6) is 0.0706. The summed E-state index contributed by atoms with van der Waals surface area (Å²) < 4.78 is 18.6. The van der Waals surface area contributed by atoms with Crippen molar-refractivity contribution in [2.75, 3.05) is 43.9 Å². The average Bonchev–Trinajstić information content (AvgIpc) is 3.20. The number of nitrogens with two attached hydrogens (primary N) is 1. The molecule has 9 nitrogen and oxygen atoms in total. The second kappa shape index (κ2) is 9.30. The van der Waals surface area contributed by atoms with Crippen LogP contribution >= 0.6 is 0 Å². The van der Waals surface area contributed by atoms with E-state index in [1.807, 2.05) is 12.1 Å². The number of piperazine rings is 1. The van der Waals surface area contributed by atoms with E-state index in [1.165, 1.54) is 10.5 Å². The molecule has 176 valence electrons. The number of nitrogens with zero attached hydrogens (tertiary/aromatic N) is 6. The number of ether oxygens (including phenoxy) is 1. The van der Waals surface area contributed by atoms with Gasteiger partial charge in [-0.1, -0.05) is 26.5 Å². The molecule has 0 radical (unpaired) electrons. The maximum absolute atomic E-state index is 13.2. The van der Waals surface area contributed by atoms with Gasteiger partial charge in [0.15, 0.2) is 5.83 Å². The first-order chi connectivity index (χ1) is 15.8. The van der Waals surface area contributed by atoms with Gasteiger partial charge in [-0.05, 0) is 17.5 Å². The molecule has 0 aliphatic carbocycles. The molecule has 4 rings (SSSR count). The quantitative estimate of drug-likeness (QED) is 0.662. The molecule has 0 atom stereocenters. The fourth-order valence-electron chi connectivity index (χ4n) is 4.43. The van der Waals surface area contributed by atoms with Crippen LogP contribution in [0, 0.1) is 0 Å². The van der Waals surface area contributed by atoms with Crippen LogP contribution in [0.5, 0.6) is 6.01 Å². The van der Waals surface area contributed by atoms with Crippen molar-refractivity contribution in [3.63, 3.8) is 0 Å². The van der Waals surface area contributed by atoms with E-state index < -0.39 is 11.7 Å². The van der Waals surface area contributed by atoms with Crippen molar-refractivity contribution >= 4 is 17.5 Å². The van der Waals surface area contributed by atoms with Crippen LogP contribution in [0.3, 0.4) is 0 Å². The Labute approximate surface area is 193 Å². The Bertz CT molecular complexity index is 1070. The van der Waals surface area contributed by atoms with E-state index in [1.54, 1.807) is 7.11 Å². The number of halogens is 1. The fourth-order valence-corrected chi connectivity index (χ4v) is 4.43. The lowest BCUT2D eigenvalue weighted by atomic mass is 10.0. The number of pyridine rings is 1. The highest BCUT2D eigenvalue weighted by molar-refractivity contribution is 5.90. The van der Waals surface area contributed by atoms with Crippen LogP contribution in [-0.4, -0.2) is 63.9 Å². The van der Waals surface area contributed by atoms with E-state index in [4.69, 9.17) is 10.5 Å². The standard InChI is InChI=1S/C23H30FN7O2/c1-14(2)16-5-6-20(25)26-18(16)12-29-11-17-19(13-29)27-23(33-4)28-21(17)30-7-9-31(10-8-30)22(32)15(3)24/h5-6,14H,3,7-13H2,1-2,4H3,(H2,25,26). The highest BCUT2D eigenvalue weighted by atomic mass is 19.1. The van der Waals surface area contributed by atoms with Gasteiger partial charge in [0.2, 0.25) is 0 Å². The van der Waals surface area contributed by atoms with Crippen LogP contribution in [0.1, 0.15) is 42.3 Å². The summed E-state index contributed by atoms with van der Waals surface area (Å²) in [6.07, 6.45) is 0. The average molecular weight is 456 g/mol. The van der Waals surface area contributed by atoms with Crippen molar-refractivity contribution in [1.82, 2.24) is 24.8 Å². The molecule has 1 fully saturated rings. The molecule has 4 heterocycles. The minimum absolute atomic E-state index is 0.311. The number of hydrogen-bond acceptors (Lipinski definition) is 8. The van der Waals surface area contributed by atoms with Crippen molar-refractivity contribution in [1.29, 1.82) is 0 Å². The predicted molar refractivity (Wildman–Crippen MR) is 123 cm³/mol. The van der Waals surface area contributed by atoms with Gasteiger partial charge < -0.3 is 20.3 Å². The lowest BCUT2D eigenvalue weighted by Gasteiger charge is -2.35. The number of fused-ring (bicyclic) bond motifs is 1. The monoisotopic (exact) mass is 455 g/mol. The number of methoxy groups -OCH3 is 1. The van der Waals surface area contributed by atoms with Crippen molar-refractivity contribution < 1.29 is 13.9 Å². The van der Waals surface area contributed by atoms with Gasteiger partial charge in [-0.3, -0.25) is 9.69 Å². The third kappa shape index (κ3) is 4.75. The first-order valence-electron chi connectivity index (χ1n) is 11.1. The largest absolute Gasteiger partial charge is 0.467 e. The Kier molecular flexibility index (Phi) is 6.46. The highest BCUT2D eigenvalue weighted by Crippen LogP contribution is 2.33. The van der Waals surface area contributed by atoms with Crippen LogP contribution in [-0.2, 0) is 24.4 Å². The molecule has 1 amide bonds. The SMILES string of the molecule is C=C(F)C(=O)N1CCN(c2nc(OC)nc3c2CN(Cc2nc(N)ccc2C(C)C)C3)CC1. The zero-order valence-corrected chi connectivity index (χ0v) is 19.3. The molecule has 0 saturated carbocycles. The van der Waals surface area contributed by atoms with E-state index in [0.717, 1.165) is 22.8 Å². The number of aromatic nitrogens is 3. The minimum Gasteiger partial charge on any atom is -0.467 e. The van der Waals surface area contributed by atoms with Gasteiger partial charge in [0.05, 0.1) is 18.5 Å². The Morgan fingerprint density at radius 3 is 2.55 bits per heavy atom. The van der Waals surface area contributed by atoms with Gasteiger partial charge in [0.1, 0.15) is 11.6 Å². The Morgan fingerprint density at radius 1 is 1.18 bits per heavy atom. The molecule has 0 unspecified atom stereocenters. The fraction of sp³-hybridized carbons (Fsp3) is 0.478. The van der Waals surface area contributed by atoms with Gasteiger partial charge in [0, 0.05) is 51.4 Å².